The van der Waals surface area contributed by atoms with Crippen LogP contribution in [0.15, 0.2) is 53.7 Å². The lowest BCUT2D eigenvalue weighted by molar-refractivity contribution is -0.268. The minimum atomic E-state index is -0.557. The van der Waals surface area contributed by atoms with E-state index in [-0.39, 0.29) is 36.3 Å². The van der Waals surface area contributed by atoms with Crippen LogP contribution in [0.2, 0.25) is 0 Å². The van der Waals surface area contributed by atoms with Gasteiger partial charge in [0.05, 0.1) is 18.8 Å². The van der Waals surface area contributed by atoms with Gasteiger partial charge in [0.2, 0.25) is 5.16 Å². The van der Waals surface area contributed by atoms with Gasteiger partial charge in [-0.05, 0) is 83.4 Å². The topological polar surface area (TPSA) is 123 Å². The summed E-state index contributed by atoms with van der Waals surface area (Å²) < 4.78 is 14.8. The van der Waals surface area contributed by atoms with Gasteiger partial charge in [-0.1, -0.05) is 67.2 Å². The van der Waals surface area contributed by atoms with Crippen molar-refractivity contribution in [1.29, 1.82) is 0 Å². The number of urea groups is 1. The number of ether oxygens (including phenoxy) is 2. The first kappa shape index (κ1) is 29.7. The SMILES string of the molecule is C[C@@H]1[C@H](CSc2nnnn2C)O[C@H](c2ccc(CNC(=O)NC34CC5CC(CC(C5)C3)C4)cc2)O[C@@H]1c1ccc(CO)cc1. The number of carbonyl (C=O) groups excluding carboxylic acids is 1. The first-order chi connectivity index (χ1) is 21.4. The number of nitrogens with one attached hydrogen (secondary N) is 2. The molecule has 4 saturated carbocycles. The Morgan fingerprint density at radius 1 is 0.977 bits per heavy atom. The molecule has 2 amide bonds. The Balaban J connectivity index is 1.00. The normalized spacial score (nSPS) is 32.5. The number of tetrazole rings is 1. The summed E-state index contributed by atoms with van der Waals surface area (Å²) in [6.45, 7) is 2.61. The maximum Gasteiger partial charge on any atom is 0.315 e. The molecule has 8 rings (SSSR count). The summed E-state index contributed by atoms with van der Waals surface area (Å²) in [5, 5.41) is 28.6. The lowest BCUT2D eigenvalue weighted by atomic mass is 9.53. The summed E-state index contributed by atoms with van der Waals surface area (Å²) in [6.07, 6.45) is 6.63. The number of aryl methyl sites for hydroxylation is 1. The van der Waals surface area contributed by atoms with Crippen LogP contribution in [0.3, 0.4) is 0 Å². The third-order valence-corrected chi connectivity index (χ3v) is 11.3. The summed E-state index contributed by atoms with van der Waals surface area (Å²) in [5.74, 6) is 3.12. The van der Waals surface area contributed by atoms with Gasteiger partial charge in [0, 0.05) is 36.4 Å². The van der Waals surface area contributed by atoms with Gasteiger partial charge in [-0.25, -0.2) is 9.48 Å². The van der Waals surface area contributed by atoms with Crippen LogP contribution in [-0.4, -0.2) is 48.7 Å². The summed E-state index contributed by atoms with van der Waals surface area (Å²) in [5.41, 5.74) is 3.86. The number of aliphatic hydroxyl groups excluding tert-OH is 1. The minimum absolute atomic E-state index is 0.00257. The first-order valence-electron chi connectivity index (χ1n) is 15.9. The lowest BCUT2D eigenvalue weighted by Crippen LogP contribution is -2.61. The number of thioether (sulfide) groups is 1. The molecule has 3 aromatic rings. The Bertz CT molecular complexity index is 1410. The fourth-order valence-corrected chi connectivity index (χ4v) is 9.35. The van der Waals surface area contributed by atoms with E-state index in [1.54, 1.807) is 16.4 Å². The highest BCUT2D eigenvalue weighted by Crippen LogP contribution is 2.55. The minimum Gasteiger partial charge on any atom is -0.392 e. The van der Waals surface area contributed by atoms with E-state index in [0.29, 0.717) is 12.3 Å². The van der Waals surface area contributed by atoms with Crippen molar-refractivity contribution in [3.05, 3.63) is 70.8 Å². The molecular weight excluding hydrogens is 576 g/mol. The highest BCUT2D eigenvalue weighted by Gasteiger charge is 2.51. The van der Waals surface area contributed by atoms with E-state index in [1.807, 2.05) is 55.6 Å². The van der Waals surface area contributed by atoms with Crippen LogP contribution in [0.1, 0.15) is 80.1 Å². The number of aromatic nitrogens is 4. The molecule has 0 spiro atoms. The third-order valence-electron chi connectivity index (χ3n) is 10.2. The van der Waals surface area contributed by atoms with Crippen molar-refractivity contribution in [2.75, 3.05) is 5.75 Å². The van der Waals surface area contributed by atoms with Crippen LogP contribution in [-0.2, 0) is 29.7 Å². The van der Waals surface area contributed by atoms with Crippen molar-refractivity contribution >= 4 is 17.8 Å². The van der Waals surface area contributed by atoms with E-state index in [9.17, 15) is 9.90 Å². The molecule has 234 valence electrons. The molecule has 44 heavy (non-hydrogen) atoms. The van der Waals surface area contributed by atoms with E-state index in [2.05, 4.69) is 33.1 Å². The Morgan fingerprint density at radius 2 is 1.61 bits per heavy atom. The van der Waals surface area contributed by atoms with Crippen molar-refractivity contribution in [2.45, 2.75) is 87.8 Å². The van der Waals surface area contributed by atoms with Gasteiger partial charge in [-0.3, -0.25) is 0 Å². The molecule has 1 aliphatic heterocycles. The highest BCUT2D eigenvalue weighted by atomic mass is 32.2. The van der Waals surface area contributed by atoms with E-state index in [4.69, 9.17) is 9.47 Å². The Morgan fingerprint density at radius 3 is 2.23 bits per heavy atom. The zero-order valence-electron chi connectivity index (χ0n) is 25.4. The number of aliphatic hydroxyl groups is 1. The van der Waals surface area contributed by atoms with Crippen LogP contribution in [0.25, 0.3) is 0 Å². The van der Waals surface area contributed by atoms with Crippen molar-refractivity contribution in [2.24, 2.45) is 30.7 Å². The predicted molar refractivity (Wildman–Crippen MR) is 165 cm³/mol. The molecule has 4 atom stereocenters. The third kappa shape index (κ3) is 6.24. The quantitative estimate of drug-likeness (QED) is 0.285. The Hall–Kier alpha value is -2.99. The van der Waals surface area contributed by atoms with E-state index in [0.717, 1.165) is 64.4 Å². The molecule has 5 aliphatic rings. The summed E-state index contributed by atoms with van der Waals surface area (Å²) in [7, 11) is 1.83. The zero-order valence-corrected chi connectivity index (χ0v) is 26.2. The monoisotopic (exact) mass is 618 g/mol. The van der Waals surface area contributed by atoms with Gasteiger partial charge >= 0.3 is 6.03 Å². The van der Waals surface area contributed by atoms with Gasteiger partial charge in [0.1, 0.15) is 0 Å². The predicted octanol–water partition coefficient (Wildman–Crippen LogP) is 5.05. The van der Waals surface area contributed by atoms with E-state index in [1.165, 1.54) is 19.3 Å². The fourth-order valence-electron chi connectivity index (χ4n) is 8.33. The molecule has 0 radical (unpaired) electrons. The molecule has 2 aromatic carbocycles. The highest BCUT2D eigenvalue weighted by molar-refractivity contribution is 7.99. The maximum atomic E-state index is 13.0. The fraction of sp³-hybridized carbons (Fsp3) is 0.576. The van der Waals surface area contributed by atoms with Crippen molar-refractivity contribution < 1.29 is 19.4 Å². The van der Waals surface area contributed by atoms with Crippen molar-refractivity contribution in [3.8, 4) is 0 Å². The molecule has 4 bridgehead atoms. The first-order valence-corrected chi connectivity index (χ1v) is 16.9. The second-order valence-corrected chi connectivity index (χ2v) is 14.5. The maximum absolute atomic E-state index is 13.0. The smallest absolute Gasteiger partial charge is 0.315 e. The van der Waals surface area contributed by atoms with Crippen LogP contribution in [0.5, 0.6) is 0 Å². The van der Waals surface area contributed by atoms with Gasteiger partial charge in [0.15, 0.2) is 6.29 Å². The molecule has 0 unspecified atom stereocenters. The van der Waals surface area contributed by atoms with Crippen LogP contribution >= 0.6 is 11.8 Å². The standard InChI is InChI=1S/C33H42N6O4S/c1-20-28(19-44-32-36-37-38-39(32)2)42-30(43-29(20)26-7-5-22(18-40)6-8-26)27-9-3-21(4-10-27)17-34-31(41)35-33-14-23-11-24(15-33)13-25(12-23)16-33/h3-10,20,23-25,28-30,40H,11-19H2,1-2H3,(H2,34,35,41)/t20-,23?,24?,25?,28+,29+,30+,33?/m1/s1. The largest absolute Gasteiger partial charge is 0.392 e. The van der Waals surface area contributed by atoms with E-state index < -0.39 is 6.29 Å². The summed E-state index contributed by atoms with van der Waals surface area (Å²) in [4.78, 5) is 13.0. The molecule has 4 aliphatic carbocycles. The van der Waals surface area contributed by atoms with Gasteiger partial charge in [0.25, 0.3) is 0 Å². The summed E-state index contributed by atoms with van der Waals surface area (Å²) >= 11 is 1.56. The van der Waals surface area contributed by atoms with E-state index >= 15 is 0 Å². The van der Waals surface area contributed by atoms with Gasteiger partial charge < -0.3 is 25.2 Å². The van der Waals surface area contributed by atoms with Crippen LogP contribution in [0, 0.1) is 23.7 Å². The molecule has 2 heterocycles. The molecule has 3 N–H and O–H groups in total. The van der Waals surface area contributed by atoms with Crippen molar-refractivity contribution in [1.82, 2.24) is 30.8 Å². The average Bonchev–Trinajstić information content (AvgIpc) is 3.43. The number of nitrogens with zero attached hydrogens (tertiary/aromatic N) is 4. The van der Waals surface area contributed by atoms with Crippen molar-refractivity contribution in [3.63, 3.8) is 0 Å². The second-order valence-electron chi connectivity index (χ2n) is 13.5. The number of benzene rings is 2. The second kappa shape index (κ2) is 12.4. The Kier molecular flexibility index (Phi) is 8.39. The van der Waals surface area contributed by atoms with Gasteiger partial charge in [-0.2, -0.15) is 0 Å². The number of rotatable bonds is 9. The molecule has 5 fully saturated rings. The Labute approximate surface area is 262 Å². The van der Waals surface area contributed by atoms with Crippen LogP contribution < -0.4 is 10.6 Å². The number of hydrogen-bond acceptors (Lipinski definition) is 8. The summed E-state index contributed by atoms with van der Waals surface area (Å²) in [6, 6.07) is 16.0. The molecular formula is C33H42N6O4S. The zero-order chi connectivity index (χ0) is 30.3. The average molecular weight is 619 g/mol. The number of amides is 2. The van der Waals surface area contributed by atoms with Gasteiger partial charge in [-0.15, -0.1) is 5.10 Å². The lowest BCUT2D eigenvalue weighted by Gasteiger charge is -2.56. The molecule has 1 saturated heterocycles. The van der Waals surface area contributed by atoms with Crippen LogP contribution in [0.4, 0.5) is 4.79 Å². The molecule has 1 aromatic heterocycles. The number of carbonyl (C=O) groups is 1. The molecule has 10 nitrogen and oxygen atoms in total. The molecule has 11 heteroatoms. The number of hydrogen-bond donors (Lipinski definition) is 3.